The third-order valence-corrected chi connectivity index (χ3v) is 3.63. The molecule has 18 heavy (non-hydrogen) atoms. The number of hydrogen-bond acceptors (Lipinski definition) is 4. The van der Waals surface area contributed by atoms with E-state index in [1.807, 2.05) is 19.9 Å². The van der Waals surface area contributed by atoms with Crippen LogP contribution >= 0.6 is 12.2 Å². The van der Waals surface area contributed by atoms with Gasteiger partial charge in [-0.15, -0.1) is 0 Å². The molecule has 98 valence electrons. The maximum Gasteiger partial charge on any atom is 0.297 e. The van der Waals surface area contributed by atoms with Crippen molar-refractivity contribution < 1.29 is 9.53 Å². The van der Waals surface area contributed by atoms with Gasteiger partial charge in [-0.2, -0.15) is 0 Å². The number of likely N-dealkylation sites (tertiary alicyclic amines) is 1. The van der Waals surface area contributed by atoms with E-state index in [2.05, 4.69) is 11.9 Å². The molecule has 0 saturated carbocycles. The second kappa shape index (κ2) is 5.10. The third-order valence-electron chi connectivity index (χ3n) is 3.32. The van der Waals surface area contributed by atoms with Gasteiger partial charge in [-0.3, -0.25) is 9.69 Å². The molecule has 5 heteroatoms. The summed E-state index contributed by atoms with van der Waals surface area (Å²) in [6.45, 7) is 5.40. The Hall–Kier alpha value is -1.36. The highest BCUT2D eigenvalue weighted by Gasteiger charge is 2.33. The van der Waals surface area contributed by atoms with Crippen molar-refractivity contribution in [3.8, 4) is 0 Å². The Balaban J connectivity index is 2.27. The molecular formula is C13H18N2O2S. The van der Waals surface area contributed by atoms with Crippen LogP contribution in [0.2, 0.25) is 0 Å². The Morgan fingerprint density at radius 1 is 1.56 bits per heavy atom. The molecule has 1 amide bonds. The van der Waals surface area contributed by atoms with Crippen molar-refractivity contribution in [3.05, 3.63) is 23.1 Å². The number of thiocarbonyl (C=S) groups is 1. The van der Waals surface area contributed by atoms with E-state index in [0.717, 1.165) is 18.5 Å². The molecule has 0 spiro atoms. The van der Waals surface area contributed by atoms with Crippen LogP contribution < -0.4 is 0 Å². The minimum Gasteiger partial charge on any atom is -0.425 e. The second-order valence-corrected chi connectivity index (χ2v) is 4.94. The summed E-state index contributed by atoms with van der Waals surface area (Å²) in [5.74, 6) is 0.243. The Bertz CT molecular complexity index is 454. The van der Waals surface area contributed by atoms with Gasteiger partial charge in [0.25, 0.3) is 11.1 Å². The number of amides is 1. The molecule has 0 aromatic heterocycles. The molecule has 0 aromatic carbocycles. The van der Waals surface area contributed by atoms with Gasteiger partial charge in [-0.25, -0.2) is 0 Å². The van der Waals surface area contributed by atoms with Gasteiger partial charge in [0.05, 0.1) is 0 Å². The fourth-order valence-corrected chi connectivity index (χ4v) is 2.54. The number of likely N-dealkylation sites (N-methyl/N-ethyl adjacent to an activating group) is 1. The number of ether oxygens (including phenoxy) is 1. The quantitative estimate of drug-likeness (QED) is 0.565. The molecule has 0 aliphatic carbocycles. The number of carbonyl (C=O) groups excluding carboxylic acids is 1. The van der Waals surface area contributed by atoms with Crippen molar-refractivity contribution in [2.45, 2.75) is 26.7 Å². The van der Waals surface area contributed by atoms with Gasteiger partial charge >= 0.3 is 0 Å². The lowest BCUT2D eigenvalue weighted by molar-refractivity contribution is -0.122. The van der Waals surface area contributed by atoms with E-state index in [1.54, 1.807) is 0 Å². The van der Waals surface area contributed by atoms with Crippen LogP contribution in [0.1, 0.15) is 26.7 Å². The first kappa shape index (κ1) is 13.1. The standard InChI is InChI=1S/C13H18N2O2S/c1-4-15-12(16)11(17-13(15)18)9(2)8-10-6-5-7-14(10)3/h8H,4-7H2,1-3H3/b10-8-,11-9+. The maximum absolute atomic E-state index is 12.1. The number of rotatable bonds is 2. The van der Waals surface area contributed by atoms with E-state index in [-0.39, 0.29) is 11.1 Å². The molecule has 0 bridgehead atoms. The van der Waals surface area contributed by atoms with Crippen molar-refractivity contribution in [2.24, 2.45) is 0 Å². The molecule has 0 radical (unpaired) electrons. The molecule has 2 heterocycles. The molecule has 2 saturated heterocycles. The molecule has 2 rings (SSSR count). The predicted octanol–water partition coefficient (Wildman–Crippen LogP) is 2.03. The topological polar surface area (TPSA) is 32.8 Å². The summed E-state index contributed by atoms with van der Waals surface area (Å²) in [4.78, 5) is 15.7. The van der Waals surface area contributed by atoms with Crippen molar-refractivity contribution >= 4 is 23.3 Å². The fraction of sp³-hybridized carbons (Fsp3) is 0.538. The number of allylic oxidation sites excluding steroid dienone is 3. The molecular weight excluding hydrogens is 248 g/mol. The van der Waals surface area contributed by atoms with Crippen molar-refractivity contribution in [3.63, 3.8) is 0 Å². The van der Waals surface area contributed by atoms with Crippen LogP contribution in [0.5, 0.6) is 0 Å². The normalized spacial score (nSPS) is 25.2. The van der Waals surface area contributed by atoms with Crippen LogP contribution in [0.25, 0.3) is 0 Å². The van der Waals surface area contributed by atoms with Crippen LogP contribution in [0.4, 0.5) is 0 Å². The Kier molecular flexibility index (Phi) is 3.71. The van der Waals surface area contributed by atoms with Crippen molar-refractivity contribution in [2.75, 3.05) is 20.1 Å². The molecule has 2 aliphatic heterocycles. The predicted molar refractivity (Wildman–Crippen MR) is 73.7 cm³/mol. The highest BCUT2D eigenvalue weighted by molar-refractivity contribution is 7.80. The van der Waals surface area contributed by atoms with E-state index in [1.165, 1.54) is 17.0 Å². The van der Waals surface area contributed by atoms with E-state index < -0.39 is 0 Å². The van der Waals surface area contributed by atoms with Gasteiger partial charge in [0.2, 0.25) is 0 Å². The summed E-state index contributed by atoms with van der Waals surface area (Å²) in [6, 6.07) is 0. The fourth-order valence-electron chi connectivity index (χ4n) is 2.24. The van der Waals surface area contributed by atoms with E-state index in [0.29, 0.717) is 12.3 Å². The molecule has 0 unspecified atom stereocenters. The van der Waals surface area contributed by atoms with Gasteiger partial charge < -0.3 is 9.64 Å². The molecule has 0 atom stereocenters. The van der Waals surface area contributed by atoms with Gasteiger partial charge in [0, 0.05) is 25.8 Å². The Morgan fingerprint density at radius 3 is 2.78 bits per heavy atom. The second-order valence-electron chi connectivity index (χ2n) is 4.59. The lowest BCUT2D eigenvalue weighted by Gasteiger charge is -2.12. The van der Waals surface area contributed by atoms with Gasteiger partial charge in [-0.05, 0) is 50.6 Å². The van der Waals surface area contributed by atoms with Gasteiger partial charge in [0.1, 0.15) is 0 Å². The van der Waals surface area contributed by atoms with Gasteiger partial charge in [0.15, 0.2) is 5.76 Å². The van der Waals surface area contributed by atoms with Crippen LogP contribution in [0, 0.1) is 0 Å². The average molecular weight is 266 g/mol. The highest BCUT2D eigenvalue weighted by atomic mass is 32.1. The SMILES string of the molecule is CCN1C(=O)/C(=C(C)\C=C2\CCCN2C)OC1=S. The Morgan fingerprint density at radius 2 is 2.28 bits per heavy atom. The minimum atomic E-state index is -0.127. The third kappa shape index (κ3) is 2.27. The van der Waals surface area contributed by atoms with Crippen molar-refractivity contribution in [1.82, 2.24) is 9.80 Å². The van der Waals surface area contributed by atoms with Crippen molar-refractivity contribution in [1.29, 1.82) is 0 Å². The number of hydrogen-bond donors (Lipinski definition) is 0. The van der Waals surface area contributed by atoms with E-state index in [4.69, 9.17) is 17.0 Å². The summed E-state index contributed by atoms with van der Waals surface area (Å²) in [5.41, 5.74) is 2.10. The zero-order valence-corrected chi connectivity index (χ0v) is 11.8. The molecule has 0 aromatic rings. The summed E-state index contributed by atoms with van der Waals surface area (Å²) in [6.07, 6.45) is 4.25. The first-order valence-electron chi connectivity index (χ1n) is 6.20. The molecule has 2 aliphatic rings. The number of nitrogens with zero attached hydrogens (tertiary/aromatic N) is 2. The smallest absolute Gasteiger partial charge is 0.297 e. The van der Waals surface area contributed by atoms with Crippen LogP contribution in [0.15, 0.2) is 23.1 Å². The zero-order chi connectivity index (χ0) is 13.3. The first-order chi connectivity index (χ1) is 8.54. The molecule has 2 fully saturated rings. The van der Waals surface area contributed by atoms with E-state index >= 15 is 0 Å². The Labute approximate surface area is 113 Å². The highest BCUT2D eigenvalue weighted by Crippen LogP contribution is 2.25. The number of carbonyl (C=O) groups is 1. The van der Waals surface area contributed by atoms with Gasteiger partial charge in [-0.1, -0.05) is 0 Å². The summed E-state index contributed by atoms with van der Waals surface area (Å²) in [5, 5.41) is 0.259. The summed E-state index contributed by atoms with van der Waals surface area (Å²) in [7, 11) is 2.07. The monoisotopic (exact) mass is 266 g/mol. The lowest BCUT2D eigenvalue weighted by Crippen LogP contribution is -2.28. The maximum atomic E-state index is 12.1. The summed E-state index contributed by atoms with van der Waals surface area (Å²) >= 11 is 5.04. The average Bonchev–Trinajstić information content (AvgIpc) is 2.84. The van der Waals surface area contributed by atoms with Crippen LogP contribution in [0.3, 0.4) is 0 Å². The van der Waals surface area contributed by atoms with Crippen LogP contribution in [-0.2, 0) is 9.53 Å². The minimum absolute atomic E-state index is 0.127. The van der Waals surface area contributed by atoms with Crippen LogP contribution in [-0.4, -0.2) is 41.0 Å². The molecule has 4 nitrogen and oxygen atoms in total. The lowest BCUT2D eigenvalue weighted by atomic mass is 10.2. The summed E-state index contributed by atoms with van der Waals surface area (Å²) < 4.78 is 5.41. The van der Waals surface area contributed by atoms with E-state index in [9.17, 15) is 4.79 Å². The largest absolute Gasteiger partial charge is 0.425 e. The molecule has 0 N–H and O–H groups in total. The first-order valence-corrected chi connectivity index (χ1v) is 6.61. The zero-order valence-electron chi connectivity index (χ0n) is 11.0.